The SMILES string of the molecule is CC1Oc2cc(N3CCCC3=O)ccc2-c2cnc(Nc3cncc(NC(=O)CCc4cccc(NC(=O)O)c4)c3)cc21. The Morgan fingerprint density at radius 3 is 2.67 bits per heavy atom. The topological polar surface area (TPSA) is 146 Å². The van der Waals surface area contributed by atoms with Crippen LogP contribution in [0, 0.1) is 0 Å². The normalized spacial score (nSPS) is 15.2. The number of benzene rings is 2. The van der Waals surface area contributed by atoms with Gasteiger partial charge < -0.3 is 25.4 Å². The molecule has 4 N–H and O–H groups in total. The van der Waals surface area contributed by atoms with E-state index in [-0.39, 0.29) is 24.3 Å². The highest BCUT2D eigenvalue weighted by molar-refractivity contribution is 5.96. The molecule has 1 unspecified atom stereocenters. The van der Waals surface area contributed by atoms with Crippen molar-refractivity contribution < 1.29 is 24.2 Å². The maximum Gasteiger partial charge on any atom is 0.409 e. The van der Waals surface area contributed by atoms with E-state index >= 15 is 0 Å². The summed E-state index contributed by atoms with van der Waals surface area (Å²) < 4.78 is 6.26. The first kappa shape index (κ1) is 27.7. The summed E-state index contributed by atoms with van der Waals surface area (Å²) in [5.41, 5.74) is 6.23. The van der Waals surface area contributed by atoms with Crippen LogP contribution in [0.5, 0.6) is 5.75 Å². The first-order valence-electron chi connectivity index (χ1n) is 14.0. The summed E-state index contributed by atoms with van der Waals surface area (Å²) in [6.07, 6.45) is 5.78. The Balaban J connectivity index is 1.11. The number of ether oxygens (including phenoxy) is 1. The molecule has 0 bridgehead atoms. The van der Waals surface area contributed by atoms with Crippen LogP contribution in [0.15, 0.2) is 73.2 Å². The van der Waals surface area contributed by atoms with Crippen LogP contribution >= 0.6 is 0 Å². The number of aromatic nitrogens is 2. The molecule has 43 heavy (non-hydrogen) atoms. The van der Waals surface area contributed by atoms with Crippen LogP contribution in [0.3, 0.4) is 0 Å². The third-order valence-corrected chi connectivity index (χ3v) is 7.43. The molecule has 0 radical (unpaired) electrons. The van der Waals surface area contributed by atoms with E-state index in [2.05, 4.69) is 25.9 Å². The number of nitrogens with zero attached hydrogens (tertiary/aromatic N) is 3. The molecule has 11 nitrogen and oxygen atoms in total. The number of hydrogen-bond acceptors (Lipinski definition) is 7. The number of rotatable bonds is 8. The molecule has 4 heterocycles. The summed E-state index contributed by atoms with van der Waals surface area (Å²) in [7, 11) is 0. The Morgan fingerprint density at radius 1 is 1.00 bits per heavy atom. The monoisotopic (exact) mass is 578 g/mol. The fourth-order valence-electron chi connectivity index (χ4n) is 5.41. The van der Waals surface area contributed by atoms with Crippen LogP contribution in [0.25, 0.3) is 11.1 Å². The summed E-state index contributed by atoms with van der Waals surface area (Å²) in [6.45, 7) is 2.71. The predicted molar refractivity (Wildman–Crippen MR) is 163 cm³/mol. The number of carbonyl (C=O) groups is 3. The molecule has 218 valence electrons. The minimum Gasteiger partial charge on any atom is -0.485 e. The van der Waals surface area contributed by atoms with Gasteiger partial charge in [-0.25, -0.2) is 9.78 Å². The van der Waals surface area contributed by atoms with Crippen LogP contribution in [0.4, 0.5) is 33.4 Å². The molecule has 11 heteroatoms. The van der Waals surface area contributed by atoms with Crippen molar-refractivity contribution in [3.8, 4) is 16.9 Å². The largest absolute Gasteiger partial charge is 0.485 e. The Hall–Kier alpha value is -5.45. The molecule has 0 aliphatic carbocycles. The highest BCUT2D eigenvalue weighted by atomic mass is 16.5. The fraction of sp³-hybridized carbons (Fsp3) is 0.219. The number of nitrogens with one attached hydrogen (secondary N) is 3. The van der Waals surface area contributed by atoms with Gasteiger partial charge in [-0.15, -0.1) is 0 Å². The molecule has 1 fully saturated rings. The number of aryl methyl sites for hydroxylation is 1. The molecule has 0 spiro atoms. The van der Waals surface area contributed by atoms with Crippen molar-refractivity contribution in [2.24, 2.45) is 0 Å². The lowest BCUT2D eigenvalue weighted by atomic mass is 9.94. The molecular formula is C32H30N6O5. The van der Waals surface area contributed by atoms with Gasteiger partial charge in [-0.2, -0.15) is 0 Å². The lowest BCUT2D eigenvalue weighted by Gasteiger charge is -2.28. The van der Waals surface area contributed by atoms with E-state index in [9.17, 15) is 14.4 Å². The number of anilines is 5. The molecule has 6 rings (SSSR count). The zero-order valence-corrected chi connectivity index (χ0v) is 23.5. The fourth-order valence-corrected chi connectivity index (χ4v) is 5.41. The number of fused-ring (bicyclic) bond motifs is 3. The predicted octanol–water partition coefficient (Wildman–Crippen LogP) is 6.13. The Kier molecular flexibility index (Phi) is 7.61. The van der Waals surface area contributed by atoms with E-state index in [1.54, 1.807) is 41.6 Å². The summed E-state index contributed by atoms with van der Waals surface area (Å²) >= 11 is 0. The quantitative estimate of drug-likeness (QED) is 0.195. The minimum absolute atomic E-state index is 0.137. The number of hydrogen-bond donors (Lipinski definition) is 4. The number of carboxylic acid groups (broad SMARTS) is 1. The van der Waals surface area contributed by atoms with Crippen molar-refractivity contribution >= 4 is 46.5 Å². The second-order valence-electron chi connectivity index (χ2n) is 10.5. The summed E-state index contributed by atoms with van der Waals surface area (Å²) in [5, 5.41) is 17.3. The average molecular weight is 579 g/mol. The van der Waals surface area contributed by atoms with E-state index in [4.69, 9.17) is 9.84 Å². The van der Waals surface area contributed by atoms with E-state index in [1.165, 1.54) is 0 Å². The first-order valence-corrected chi connectivity index (χ1v) is 14.0. The maximum absolute atomic E-state index is 12.6. The maximum atomic E-state index is 12.6. The summed E-state index contributed by atoms with van der Waals surface area (Å²) in [6, 6.07) is 16.5. The first-order chi connectivity index (χ1) is 20.8. The molecule has 1 saturated heterocycles. The number of carbonyl (C=O) groups excluding carboxylic acids is 2. The second-order valence-corrected chi connectivity index (χ2v) is 10.5. The number of pyridine rings is 2. The van der Waals surface area contributed by atoms with E-state index in [0.29, 0.717) is 35.7 Å². The van der Waals surface area contributed by atoms with Crippen molar-refractivity contribution in [2.75, 3.05) is 27.4 Å². The van der Waals surface area contributed by atoms with Gasteiger partial charge in [-0.1, -0.05) is 12.1 Å². The number of amides is 3. The van der Waals surface area contributed by atoms with Crippen molar-refractivity contribution in [3.05, 3.63) is 84.3 Å². The molecule has 2 aromatic carbocycles. The zero-order chi connectivity index (χ0) is 29.9. The van der Waals surface area contributed by atoms with Gasteiger partial charge in [0.2, 0.25) is 11.8 Å². The van der Waals surface area contributed by atoms with E-state index < -0.39 is 6.09 Å². The molecule has 3 amide bonds. The zero-order valence-electron chi connectivity index (χ0n) is 23.5. The summed E-state index contributed by atoms with van der Waals surface area (Å²) in [5.74, 6) is 1.29. The van der Waals surface area contributed by atoms with E-state index in [1.807, 2.05) is 43.5 Å². The average Bonchev–Trinajstić information content (AvgIpc) is 3.42. The second kappa shape index (κ2) is 11.8. The van der Waals surface area contributed by atoms with Gasteiger partial charge in [-0.05, 0) is 61.7 Å². The highest BCUT2D eigenvalue weighted by Gasteiger charge is 2.27. The van der Waals surface area contributed by atoms with E-state index in [0.717, 1.165) is 46.7 Å². The van der Waals surface area contributed by atoms with Crippen molar-refractivity contribution in [1.82, 2.24) is 9.97 Å². The Morgan fingerprint density at radius 2 is 1.86 bits per heavy atom. The smallest absolute Gasteiger partial charge is 0.409 e. The Bertz CT molecular complexity index is 1720. The van der Waals surface area contributed by atoms with Gasteiger partial charge in [0.05, 0.1) is 23.8 Å². The third-order valence-electron chi connectivity index (χ3n) is 7.43. The standard InChI is InChI=1S/C32H30N6O5/c1-19-26-15-29(34-18-27(26)25-9-8-24(14-28(25)43-19)38-11-3-6-31(38)40)35-22-13-23(17-33-16-22)36-30(39)10-7-20-4-2-5-21(12-20)37-32(41)42/h2,4-5,8-9,12-19,37H,3,6-7,10-11H2,1H3,(H,34,35)(H,36,39)(H,41,42). The lowest BCUT2D eigenvalue weighted by Crippen LogP contribution is -2.24. The van der Waals surface area contributed by atoms with Crippen molar-refractivity contribution in [3.63, 3.8) is 0 Å². The minimum atomic E-state index is -1.14. The van der Waals surface area contributed by atoms with Crippen LogP contribution in [0.1, 0.15) is 43.4 Å². The van der Waals surface area contributed by atoms with Gasteiger partial charge in [0, 0.05) is 59.7 Å². The lowest BCUT2D eigenvalue weighted by molar-refractivity contribution is -0.117. The van der Waals surface area contributed by atoms with Crippen LogP contribution in [-0.4, -0.2) is 39.5 Å². The van der Waals surface area contributed by atoms with Gasteiger partial charge >= 0.3 is 6.09 Å². The molecule has 1 atom stereocenters. The van der Waals surface area contributed by atoms with Crippen LogP contribution in [-0.2, 0) is 16.0 Å². The molecule has 0 saturated carbocycles. The van der Waals surface area contributed by atoms with Crippen molar-refractivity contribution in [2.45, 2.75) is 38.7 Å². The summed E-state index contributed by atoms with van der Waals surface area (Å²) in [4.78, 5) is 46.4. The molecule has 2 aliphatic rings. The molecular weight excluding hydrogens is 548 g/mol. The van der Waals surface area contributed by atoms with Gasteiger partial charge in [0.1, 0.15) is 17.7 Å². The highest BCUT2D eigenvalue weighted by Crippen LogP contribution is 2.44. The molecule has 2 aliphatic heterocycles. The van der Waals surface area contributed by atoms with Crippen molar-refractivity contribution in [1.29, 1.82) is 0 Å². The van der Waals surface area contributed by atoms with Gasteiger partial charge in [0.25, 0.3) is 0 Å². The van der Waals surface area contributed by atoms with Crippen LogP contribution < -0.4 is 25.6 Å². The van der Waals surface area contributed by atoms with Crippen LogP contribution in [0.2, 0.25) is 0 Å². The molecule has 2 aromatic heterocycles. The van der Waals surface area contributed by atoms with Gasteiger partial charge in [0.15, 0.2) is 0 Å². The Labute approximate surface area is 247 Å². The third kappa shape index (κ3) is 6.25. The van der Waals surface area contributed by atoms with Gasteiger partial charge in [-0.3, -0.25) is 19.9 Å². The molecule has 4 aromatic rings.